The molecule has 0 aliphatic heterocycles. The Kier molecular flexibility index (Phi) is 68.1. The summed E-state index contributed by atoms with van der Waals surface area (Å²) in [4.78, 5) is 72.8. The van der Waals surface area contributed by atoms with E-state index < -0.39 is 97.5 Å². The van der Waals surface area contributed by atoms with Gasteiger partial charge in [0.25, 0.3) is 0 Å². The lowest BCUT2D eigenvalue weighted by Crippen LogP contribution is -2.30. The first kappa shape index (κ1) is 96.1. The predicted octanol–water partition coefficient (Wildman–Crippen LogP) is 23.4. The van der Waals surface area contributed by atoms with Crippen LogP contribution in [0.2, 0.25) is 0 Å². The second-order valence-corrected chi connectivity index (χ2v) is 32.8. The molecule has 0 saturated carbocycles. The molecule has 2 unspecified atom stereocenters. The van der Waals surface area contributed by atoms with Crippen molar-refractivity contribution in [2.45, 2.75) is 426 Å². The molecule has 0 bridgehead atoms. The molecule has 0 aromatic rings. The fraction of sp³-hybridized carbons (Fsp3) is 0.949. The molecule has 0 aliphatic carbocycles. The second kappa shape index (κ2) is 69.4. The zero-order valence-corrected chi connectivity index (χ0v) is 66.0. The van der Waals surface area contributed by atoms with Crippen LogP contribution in [-0.2, 0) is 65.4 Å². The van der Waals surface area contributed by atoms with Gasteiger partial charge in [0, 0.05) is 25.7 Å². The molecular weight excluding hydrogens is 1280 g/mol. The van der Waals surface area contributed by atoms with Crippen LogP contribution in [0.15, 0.2) is 0 Å². The Morgan fingerprint density at radius 2 is 0.469 bits per heavy atom. The van der Waals surface area contributed by atoms with E-state index in [1.165, 1.54) is 218 Å². The van der Waals surface area contributed by atoms with Crippen LogP contribution in [0.3, 0.4) is 0 Å². The molecule has 0 rings (SSSR count). The third-order valence-electron chi connectivity index (χ3n) is 18.4. The monoisotopic (exact) mass is 1440 g/mol. The molecule has 17 nitrogen and oxygen atoms in total. The lowest BCUT2D eigenvalue weighted by molar-refractivity contribution is -0.161. The van der Waals surface area contributed by atoms with E-state index in [-0.39, 0.29) is 25.7 Å². The van der Waals surface area contributed by atoms with Crippen molar-refractivity contribution in [2.75, 3.05) is 39.6 Å². The topological polar surface area (TPSA) is 237 Å². The molecule has 19 heteroatoms. The van der Waals surface area contributed by atoms with Crippen molar-refractivity contribution in [1.29, 1.82) is 0 Å². The number of phosphoric ester groups is 2. The number of hydrogen-bond donors (Lipinski definition) is 3. The predicted molar refractivity (Wildman–Crippen MR) is 400 cm³/mol. The highest BCUT2D eigenvalue weighted by molar-refractivity contribution is 7.47. The highest BCUT2D eigenvalue weighted by atomic mass is 31.2. The van der Waals surface area contributed by atoms with Crippen LogP contribution in [-0.4, -0.2) is 96.7 Å². The maximum atomic E-state index is 13.1. The van der Waals surface area contributed by atoms with Crippen LogP contribution >= 0.6 is 15.6 Å². The standard InChI is InChI=1S/C79H154O17P2/c1-8-9-10-11-12-13-32-39-46-53-60-76(81)89-67-75(96-79(84)63-56-49-42-35-38-45-52-59-72(6)7)69-94-98(87,88)92-65-73(80)64-91-97(85,86)93-68-74(95-78(83)62-55-48-41-34-29-25-21-17-15-19-23-27-31-37-44-51-58-71(4)5)66-90-77(82)61-54-47-40-33-28-24-20-16-14-18-22-26-30-36-43-50-57-70(2)3/h70-75,80H,8-69H2,1-7H3,(H,85,86)(H,87,88)/t73-,74-,75-/m1/s1. The van der Waals surface area contributed by atoms with Gasteiger partial charge in [0.2, 0.25) is 0 Å². The number of carbonyl (C=O) groups is 4. The summed E-state index contributed by atoms with van der Waals surface area (Å²) in [5.41, 5.74) is 0. The Hall–Kier alpha value is -1.94. The molecule has 0 fully saturated rings. The number of aliphatic hydroxyl groups excluding tert-OH is 1. The van der Waals surface area contributed by atoms with Crippen molar-refractivity contribution in [3.8, 4) is 0 Å². The summed E-state index contributed by atoms with van der Waals surface area (Å²) in [6, 6.07) is 0. The number of hydrogen-bond acceptors (Lipinski definition) is 15. The normalized spacial score (nSPS) is 14.0. The Morgan fingerprint density at radius 3 is 0.694 bits per heavy atom. The third-order valence-corrected chi connectivity index (χ3v) is 20.3. The van der Waals surface area contributed by atoms with E-state index in [4.69, 9.17) is 37.0 Å². The lowest BCUT2D eigenvalue weighted by atomic mass is 10.0. The number of unbranched alkanes of at least 4 members (excludes halogenated alkanes) is 45. The van der Waals surface area contributed by atoms with Crippen molar-refractivity contribution >= 4 is 39.5 Å². The average molecular weight is 1440 g/mol. The van der Waals surface area contributed by atoms with Gasteiger partial charge in [0.15, 0.2) is 12.2 Å². The average Bonchev–Trinajstić information content (AvgIpc) is 1.00. The van der Waals surface area contributed by atoms with Crippen LogP contribution in [0.4, 0.5) is 0 Å². The minimum absolute atomic E-state index is 0.104. The molecule has 0 aromatic heterocycles. The molecular formula is C79H154O17P2. The molecule has 0 saturated heterocycles. The molecule has 0 spiro atoms. The van der Waals surface area contributed by atoms with E-state index in [1.807, 2.05) is 0 Å². The Labute approximate surface area is 600 Å². The molecule has 5 atom stereocenters. The number of esters is 4. The molecule has 0 amide bonds. The minimum Gasteiger partial charge on any atom is -0.462 e. The van der Waals surface area contributed by atoms with E-state index in [1.54, 1.807) is 0 Å². The summed E-state index contributed by atoms with van der Waals surface area (Å²) in [6.07, 6.45) is 57.1. The fourth-order valence-corrected chi connectivity index (χ4v) is 13.7. The number of rotatable bonds is 77. The van der Waals surface area contributed by atoms with E-state index in [9.17, 15) is 43.2 Å². The number of aliphatic hydroxyl groups is 1. The van der Waals surface area contributed by atoms with E-state index in [0.717, 1.165) is 102 Å². The van der Waals surface area contributed by atoms with Crippen LogP contribution in [0, 0.1) is 17.8 Å². The number of carbonyl (C=O) groups excluding carboxylic acids is 4. The van der Waals surface area contributed by atoms with Gasteiger partial charge < -0.3 is 33.8 Å². The zero-order chi connectivity index (χ0) is 72.3. The van der Waals surface area contributed by atoms with Crippen molar-refractivity contribution in [3.63, 3.8) is 0 Å². The van der Waals surface area contributed by atoms with E-state index in [0.29, 0.717) is 31.6 Å². The first-order valence-corrected chi connectivity index (χ1v) is 43.8. The van der Waals surface area contributed by atoms with Gasteiger partial charge in [-0.15, -0.1) is 0 Å². The van der Waals surface area contributed by atoms with Crippen LogP contribution < -0.4 is 0 Å². The van der Waals surface area contributed by atoms with Crippen LogP contribution in [0.5, 0.6) is 0 Å². The fourth-order valence-electron chi connectivity index (χ4n) is 12.1. The van der Waals surface area contributed by atoms with E-state index in [2.05, 4.69) is 48.5 Å². The summed E-state index contributed by atoms with van der Waals surface area (Å²) in [7, 11) is -9.91. The Balaban J connectivity index is 5.20. The van der Waals surface area contributed by atoms with Gasteiger partial charge in [-0.25, -0.2) is 9.13 Å². The van der Waals surface area contributed by atoms with Gasteiger partial charge in [-0.2, -0.15) is 0 Å². The Bertz CT molecular complexity index is 1900. The smallest absolute Gasteiger partial charge is 0.462 e. The largest absolute Gasteiger partial charge is 0.472 e. The second-order valence-electron chi connectivity index (χ2n) is 29.9. The summed E-state index contributed by atoms with van der Waals surface area (Å²) in [5.74, 6) is 0.201. The molecule has 0 radical (unpaired) electrons. The van der Waals surface area contributed by atoms with Gasteiger partial charge in [-0.3, -0.25) is 37.3 Å². The summed E-state index contributed by atoms with van der Waals surface area (Å²) in [6.45, 7) is 11.9. The van der Waals surface area contributed by atoms with Crippen molar-refractivity contribution < 1.29 is 80.2 Å². The van der Waals surface area contributed by atoms with Crippen molar-refractivity contribution in [1.82, 2.24) is 0 Å². The third kappa shape index (κ3) is 72.4. The van der Waals surface area contributed by atoms with Crippen molar-refractivity contribution in [3.05, 3.63) is 0 Å². The highest BCUT2D eigenvalue weighted by Gasteiger charge is 2.30. The maximum Gasteiger partial charge on any atom is 0.472 e. The quantitative estimate of drug-likeness (QED) is 0.0222. The van der Waals surface area contributed by atoms with Crippen molar-refractivity contribution in [2.24, 2.45) is 17.8 Å². The molecule has 582 valence electrons. The van der Waals surface area contributed by atoms with Gasteiger partial charge in [-0.05, 0) is 43.4 Å². The number of phosphoric acid groups is 2. The Morgan fingerprint density at radius 1 is 0.276 bits per heavy atom. The maximum absolute atomic E-state index is 13.1. The number of ether oxygens (including phenoxy) is 4. The van der Waals surface area contributed by atoms with Gasteiger partial charge >= 0.3 is 39.5 Å². The molecule has 3 N–H and O–H groups in total. The molecule has 98 heavy (non-hydrogen) atoms. The van der Waals surface area contributed by atoms with Gasteiger partial charge in [0.05, 0.1) is 26.4 Å². The molecule has 0 heterocycles. The molecule has 0 aliphatic rings. The van der Waals surface area contributed by atoms with Gasteiger partial charge in [0.1, 0.15) is 19.3 Å². The van der Waals surface area contributed by atoms with Gasteiger partial charge in [-0.1, -0.05) is 357 Å². The SMILES string of the molecule is CCCCCCCCCCCCC(=O)OC[C@H](COP(=O)(O)OC[C@H](O)COP(=O)(O)OC[C@@H](COC(=O)CCCCCCCCCCCCCCCCCCC(C)C)OC(=O)CCCCCCCCCCCCCCCCCCC(C)C)OC(=O)CCCCCCCCCC(C)C. The highest BCUT2D eigenvalue weighted by Crippen LogP contribution is 2.45. The lowest BCUT2D eigenvalue weighted by Gasteiger charge is -2.21. The van der Waals surface area contributed by atoms with E-state index >= 15 is 0 Å². The zero-order valence-electron chi connectivity index (χ0n) is 64.3. The summed E-state index contributed by atoms with van der Waals surface area (Å²) >= 11 is 0. The summed E-state index contributed by atoms with van der Waals surface area (Å²) in [5, 5.41) is 10.6. The summed E-state index contributed by atoms with van der Waals surface area (Å²) < 4.78 is 68.6. The first-order valence-electron chi connectivity index (χ1n) is 40.8. The molecule has 0 aromatic carbocycles. The van der Waals surface area contributed by atoms with Crippen LogP contribution in [0.1, 0.15) is 408 Å². The first-order chi connectivity index (χ1) is 47.2. The minimum atomic E-state index is -4.96. The van der Waals surface area contributed by atoms with Crippen LogP contribution in [0.25, 0.3) is 0 Å².